The number of hydrogen-bond donors (Lipinski definition) is 1. The van der Waals surface area contributed by atoms with Gasteiger partial charge in [-0.2, -0.15) is 0 Å². The van der Waals surface area contributed by atoms with Crippen LogP contribution in [0.1, 0.15) is 35.8 Å². The molecule has 0 amide bonds. The van der Waals surface area contributed by atoms with E-state index < -0.39 is 0 Å². The Hall–Kier alpha value is -1.36. The number of aromatic hydroxyl groups is 1. The topological polar surface area (TPSA) is 43.3 Å². The first kappa shape index (κ1) is 16.5. The Morgan fingerprint density at radius 2 is 2.13 bits per heavy atom. The van der Waals surface area contributed by atoms with Gasteiger partial charge in [0.15, 0.2) is 0 Å². The molecule has 4 heteroatoms. The summed E-state index contributed by atoms with van der Waals surface area (Å²) in [7, 11) is 0. The first-order valence-electron chi connectivity index (χ1n) is 8.52. The fraction of sp³-hybridized carbons (Fsp3) is 0.474. The molecule has 23 heavy (non-hydrogen) atoms. The number of nitrogens with zero attached hydrogens (tertiary/aromatic N) is 1. The van der Waals surface area contributed by atoms with Crippen LogP contribution >= 0.6 is 11.3 Å². The maximum Gasteiger partial charge on any atom is 0.119 e. The maximum absolute atomic E-state index is 13.5. The second-order valence-electron chi connectivity index (χ2n) is 6.54. The first-order chi connectivity index (χ1) is 11.1. The highest BCUT2D eigenvalue weighted by atomic mass is 32.1. The van der Waals surface area contributed by atoms with E-state index in [2.05, 4.69) is 30.5 Å². The molecule has 1 heterocycles. The monoisotopic (exact) mass is 331 g/mol. The van der Waals surface area contributed by atoms with Gasteiger partial charge in [0, 0.05) is 24.1 Å². The zero-order valence-corrected chi connectivity index (χ0v) is 14.5. The third-order valence-corrected chi connectivity index (χ3v) is 5.95. The summed E-state index contributed by atoms with van der Waals surface area (Å²) in [5.74, 6) is 0.388. The molecule has 0 bridgehead atoms. The summed E-state index contributed by atoms with van der Waals surface area (Å²) in [5.41, 5.74) is 2.21. The summed E-state index contributed by atoms with van der Waals surface area (Å²) in [6, 6.07) is 10.00. The van der Waals surface area contributed by atoms with E-state index in [0.717, 1.165) is 43.2 Å². The van der Waals surface area contributed by atoms with Crippen molar-refractivity contribution in [2.45, 2.75) is 45.1 Å². The number of quaternary nitrogens is 1. The number of fused-ring (bicyclic) bond motifs is 1. The lowest BCUT2D eigenvalue weighted by Crippen LogP contribution is -2.54. The number of phenols is 1. The summed E-state index contributed by atoms with van der Waals surface area (Å²) in [6.45, 7) is 3.44. The van der Waals surface area contributed by atoms with Crippen molar-refractivity contribution in [1.29, 1.82) is 0 Å². The average molecular weight is 331 g/mol. The number of thiophene rings is 1. The zero-order chi connectivity index (χ0) is 16.3. The standard InChI is InChI=1S/C19H25NO2S/c1-2-11-20(22,12-10-17-6-4-13-23-17)16-8-9-18-15(14-16)5-3-7-19(18)21/h3-7,13,16,21H,2,8-12,14H2,1H3/t16-,20?/m0/s1. The fourth-order valence-electron chi connectivity index (χ4n) is 3.78. The molecule has 2 atom stereocenters. The summed E-state index contributed by atoms with van der Waals surface area (Å²) in [5, 5.41) is 25.6. The highest BCUT2D eigenvalue weighted by Crippen LogP contribution is 2.33. The third kappa shape index (κ3) is 3.60. The molecular formula is C19H25NO2S. The molecule has 0 aliphatic heterocycles. The number of hydroxylamine groups is 3. The van der Waals surface area contributed by atoms with E-state index in [1.165, 1.54) is 4.88 Å². The number of phenolic OH excluding ortho intramolecular Hbond substituents is 1. The molecule has 1 unspecified atom stereocenters. The van der Waals surface area contributed by atoms with E-state index in [-0.39, 0.29) is 10.7 Å². The van der Waals surface area contributed by atoms with Crippen molar-refractivity contribution in [2.75, 3.05) is 13.1 Å². The molecule has 2 aromatic rings. The van der Waals surface area contributed by atoms with Crippen LogP contribution in [0.5, 0.6) is 5.75 Å². The molecule has 3 rings (SSSR count). The van der Waals surface area contributed by atoms with Crippen molar-refractivity contribution >= 4 is 11.3 Å². The van der Waals surface area contributed by atoms with E-state index in [0.29, 0.717) is 18.8 Å². The van der Waals surface area contributed by atoms with Crippen LogP contribution in [0.15, 0.2) is 35.7 Å². The molecule has 0 fully saturated rings. The van der Waals surface area contributed by atoms with Crippen molar-refractivity contribution in [2.24, 2.45) is 0 Å². The number of benzene rings is 1. The van der Waals surface area contributed by atoms with Crippen LogP contribution < -0.4 is 0 Å². The lowest BCUT2D eigenvalue weighted by atomic mass is 9.86. The molecular weight excluding hydrogens is 306 g/mol. The second kappa shape index (κ2) is 7.04. The van der Waals surface area contributed by atoms with Gasteiger partial charge in [-0.3, -0.25) is 0 Å². The van der Waals surface area contributed by atoms with Gasteiger partial charge in [0.2, 0.25) is 0 Å². The Labute approximate surface area is 142 Å². The van der Waals surface area contributed by atoms with Gasteiger partial charge in [-0.1, -0.05) is 25.1 Å². The van der Waals surface area contributed by atoms with Crippen LogP contribution in [0.2, 0.25) is 0 Å². The molecule has 124 valence electrons. The summed E-state index contributed by atoms with van der Waals surface area (Å²) in [4.78, 5) is 1.30. The van der Waals surface area contributed by atoms with E-state index in [4.69, 9.17) is 0 Å². The molecule has 1 N–H and O–H groups in total. The normalized spacial score (nSPS) is 20.0. The van der Waals surface area contributed by atoms with Crippen molar-refractivity contribution < 1.29 is 9.75 Å². The van der Waals surface area contributed by atoms with Gasteiger partial charge in [-0.25, -0.2) is 0 Å². The Balaban J connectivity index is 1.75. The van der Waals surface area contributed by atoms with Gasteiger partial charge in [0.05, 0.1) is 19.1 Å². The van der Waals surface area contributed by atoms with Gasteiger partial charge in [-0.05, 0) is 41.5 Å². The van der Waals surface area contributed by atoms with E-state index >= 15 is 0 Å². The lowest BCUT2D eigenvalue weighted by molar-refractivity contribution is -0.906. The average Bonchev–Trinajstić information content (AvgIpc) is 3.07. The summed E-state index contributed by atoms with van der Waals surface area (Å²) < 4.78 is -0.0938. The van der Waals surface area contributed by atoms with Gasteiger partial charge in [0.1, 0.15) is 5.75 Å². The molecule has 0 saturated heterocycles. The van der Waals surface area contributed by atoms with E-state index in [1.807, 2.05) is 6.07 Å². The van der Waals surface area contributed by atoms with Gasteiger partial charge >= 0.3 is 0 Å². The van der Waals surface area contributed by atoms with Crippen LogP contribution in [0.4, 0.5) is 0 Å². The Morgan fingerprint density at radius 1 is 1.26 bits per heavy atom. The second-order valence-corrected chi connectivity index (χ2v) is 7.57. The largest absolute Gasteiger partial charge is 0.633 e. The van der Waals surface area contributed by atoms with E-state index in [9.17, 15) is 10.3 Å². The molecule has 0 radical (unpaired) electrons. The molecule has 1 aliphatic rings. The molecule has 0 spiro atoms. The Kier molecular flexibility index (Phi) is 5.05. The molecule has 1 aliphatic carbocycles. The molecule has 1 aromatic heterocycles. The van der Waals surface area contributed by atoms with Crippen LogP contribution in [-0.4, -0.2) is 28.9 Å². The molecule has 0 saturated carbocycles. The van der Waals surface area contributed by atoms with Crippen molar-refractivity contribution in [3.63, 3.8) is 0 Å². The van der Waals surface area contributed by atoms with Crippen molar-refractivity contribution in [3.05, 3.63) is 56.9 Å². The van der Waals surface area contributed by atoms with Crippen LogP contribution in [0, 0.1) is 5.21 Å². The highest BCUT2D eigenvalue weighted by Gasteiger charge is 2.32. The minimum atomic E-state index is -0.0938. The van der Waals surface area contributed by atoms with Crippen LogP contribution in [0.3, 0.4) is 0 Å². The number of hydrogen-bond acceptors (Lipinski definition) is 3. The lowest BCUT2D eigenvalue weighted by Gasteiger charge is -2.50. The maximum atomic E-state index is 13.5. The van der Waals surface area contributed by atoms with Crippen molar-refractivity contribution in [1.82, 2.24) is 0 Å². The zero-order valence-electron chi connectivity index (χ0n) is 13.7. The SMILES string of the molecule is CCC[N+]([O-])(CCc1cccs1)[C@H]1CCc2c(O)cccc2C1. The first-order valence-corrected chi connectivity index (χ1v) is 9.40. The van der Waals surface area contributed by atoms with Gasteiger partial charge < -0.3 is 15.0 Å². The highest BCUT2D eigenvalue weighted by molar-refractivity contribution is 7.09. The third-order valence-electron chi connectivity index (χ3n) is 5.02. The Morgan fingerprint density at radius 3 is 2.87 bits per heavy atom. The van der Waals surface area contributed by atoms with E-state index in [1.54, 1.807) is 17.4 Å². The van der Waals surface area contributed by atoms with Gasteiger partial charge in [0.25, 0.3) is 0 Å². The number of rotatable bonds is 6. The summed E-state index contributed by atoms with van der Waals surface area (Å²) >= 11 is 1.74. The quantitative estimate of drug-likeness (QED) is 0.634. The van der Waals surface area contributed by atoms with Crippen LogP contribution in [0.25, 0.3) is 0 Å². The summed E-state index contributed by atoms with van der Waals surface area (Å²) in [6.07, 6.45) is 4.26. The fourth-order valence-corrected chi connectivity index (χ4v) is 4.48. The van der Waals surface area contributed by atoms with Crippen LogP contribution in [-0.2, 0) is 19.3 Å². The smallest absolute Gasteiger partial charge is 0.119 e. The predicted octanol–water partition coefficient (Wildman–Crippen LogP) is 4.28. The minimum absolute atomic E-state index is 0.0938. The minimum Gasteiger partial charge on any atom is -0.633 e. The van der Waals surface area contributed by atoms with Crippen molar-refractivity contribution in [3.8, 4) is 5.75 Å². The Bertz CT molecular complexity index is 641. The van der Waals surface area contributed by atoms with Gasteiger partial charge in [-0.15, -0.1) is 11.3 Å². The molecule has 1 aromatic carbocycles. The predicted molar refractivity (Wildman–Crippen MR) is 95.6 cm³/mol. The molecule has 3 nitrogen and oxygen atoms in total.